The van der Waals surface area contributed by atoms with Crippen molar-refractivity contribution in [1.29, 1.82) is 0 Å². The number of thioether (sulfide) groups is 1. The fourth-order valence-electron chi connectivity index (χ4n) is 1.46. The predicted molar refractivity (Wildman–Crippen MR) is 72.6 cm³/mol. The van der Waals surface area contributed by atoms with Crippen molar-refractivity contribution in [2.24, 2.45) is 0 Å². The van der Waals surface area contributed by atoms with E-state index in [4.69, 9.17) is 10.3 Å². The first-order valence-electron chi connectivity index (χ1n) is 5.56. The standard InChI is InChI=1S/C11H12N4O3S/c1-2-19-6-10-13-11(18-14-10)7-3-4-8(12)9(5-7)15(16)17/h3-5H,2,6,12H2,1H3. The average Bonchev–Trinajstić information content (AvgIpc) is 2.85. The van der Waals surface area contributed by atoms with Gasteiger partial charge < -0.3 is 10.3 Å². The summed E-state index contributed by atoms with van der Waals surface area (Å²) in [5.41, 5.74) is 5.95. The minimum absolute atomic E-state index is 0.107. The molecule has 1 heterocycles. The van der Waals surface area contributed by atoms with E-state index in [0.29, 0.717) is 17.1 Å². The van der Waals surface area contributed by atoms with Crippen molar-refractivity contribution in [3.63, 3.8) is 0 Å². The van der Waals surface area contributed by atoms with Crippen LogP contribution in [0.15, 0.2) is 22.7 Å². The van der Waals surface area contributed by atoms with Crippen molar-refractivity contribution in [2.45, 2.75) is 12.7 Å². The van der Waals surface area contributed by atoms with Crippen LogP contribution in [0.2, 0.25) is 0 Å². The zero-order valence-corrected chi connectivity index (χ0v) is 11.0. The molecule has 0 bridgehead atoms. The van der Waals surface area contributed by atoms with Gasteiger partial charge in [-0.1, -0.05) is 12.1 Å². The van der Waals surface area contributed by atoms with E-state index >= 15 is 0 Å². The molecule has 8 heteroatoms. The Kier molecular flexibility index (Phi) is 4.00. The molecule has 0 aliphatic heterocycles. The molecule has 0 aliphatic carbocycles. The maximum atomic E-state index is 10.8. The third kappa shape index (κ3) is 3.02. The van der Waals surface area contributed by atoms with Gasteiger partial charge in [-0.2, -0.15) is 16.7 Å². The summed E-state index contributed by atoms with van der Waals surface area (Å²) < 4.78 is 5.08. The van der Waals surface area contributed by atoms with Crippen molar-refractivity contribution < 1.29 is 9.45 Å². The Morgan fingerprint density at radius 3 is 3.00 bits per heavy atom. The predicted octanol–water partition coefficient (Wildman–Crippen LogP) is 2.48. The molecule has 0 spiro atoms. The smallest absolute Gasteiger partial charge is 0.292 e. The molecule has 2 N–H and O–H groups in total. The van der Waals surface area contributed by atoms with Crippen molar-refractivity contribution >= 4 is 23.1 Å². The average molecular weight is 280 g/mol. The quantitative estimate of drug-likeness (QED) is 0.509. The normalized spacial score (nSPS) is 10.6. The van der Waals surface area contributed by atoms with Crippen LogP contribution < -0.4 is 5.73 Å². The van der Waals surface area contributed by atoms with Crippen LogP contribution in [0.1, 0.15) is 12.7 Å². The summed E-state index contributed by atoms with van der Waals surface area (Å²) >= 11 is 1.67. The summed E-state index contributed by atoms with van der Waals surface area (Å²) in [5, 5.41) is 14.6. The molecule has 1 aromatic heterocycles. The number of nitrogen functional groups attached to an aromatic ring is 1. The number of nitrogens with two attached hydrogens (primary N) is 1. The third-order valence-corrected chi connectivity index (χ3v) is 3.25. The lowest BCUT2D eigenvalue weighted by Crippen LogP contribution is -1.95. The number of benzene rings is 1. The topological polar surface area (TPSA) is 108 Å². The van der Waals surface area contributed by atoms with Gasteiger partial charge in [-0.25, -0.2) is 0 Å². The van der Waals surface area contributed by atoms with Gasteiger partial charge in [0.1, 0.15) is 5.69 Å². The molecule has 7 nitrogen and oxygen atoms in total. The molecule has 0 saturated heterocycles. The zero-order chi connectivity index (χ0) is 13.8. The summed E-state index contributed by atoms with van der Waals surface area (Å²) in [4.78, 5) is 14.5. The molecule has 2 rings (SSSR count). The molecule has 100 valence electrons. The highest BCUT2D eigenvalue weighted by Gasteiger charge is 2.16. The number of aromatic nitrogens is 2. The number of rotatable bonds is 5. The van der Waals surface area contributed by atoms with E-state index in [2.05, 4.69) is 10.1 Å². The van der Waals surface area contributed by atoms with Crippen molar-refractivity contribution in [2.75, 3.05) is 11.5 Å². The summed E-state index contributed by atoms with van der Waals surface area (Å²) in [6, 6.07) is 4.41. The van der Waals surface area contributed by atoms with Crippen molar-refractivity contribution in [1.82, 2.24) is 10.1 Å². The van der Waals surface area contributed by atoms with E-state index in [9.17, 15) is 10.1 Å². The van der Waals surface area contributed by atoms with Crippen molar-refractivity contribution in [3.8, 4) is 11.5 Å². The largest absolute Gasteiger partial charge is 0.393 e. The molecular weight excluding hydrogens is 268 g/mol. The Morgan fingerprint density at radius 1 is 1.53 bits per heavy atom. The van der Waals surface area contributed by atoms with Gasteiger partial charge in [0, 0.05) is 11.6 Å². The fraction of sp³-hybridized carbons (Fsp3) is 0.273. The minimum Gasteiger partial charge on any atom is -0.393 e. The summed E-state index contributed by atoms with van der Waals surface area (Å²) in [5.74, 6) is 2.44. The van der Waals surface area contributed by atoms with Gasteiger partial charge in [0.15, 0.2) is 5.82 Å². The number of hydrogen-bond acceptors (Lipinski definition) is 7. The highest BCUT2D eigenvalue weighted by atomic mass is 32.2. The Hall–Kier alpha value is -2.09. The van der Waals surface area contributed by atoms with Crippen LogP contribution in [-0.2, 0) is 5.75 Å². The molecule has 0 fully saturated rings. The number of nitro groups is 1. The van der Waals surface area contributed by atoms with E-state index in [1.807, 2.05) is 6.92 Å². The van der Waals surface area contributed by atoms with E-state index in [0.717, 1.165) is 5.75 Å². The summed E-state index contributed by atoms with van der Waals surface area (Å²) in [7, 11) is 0. The van der Waals surface area contributed by atoms with Gasteiger partial charge in [0.25, 0.3) is 11.6 Å². The third-order valence-electron chi connectivity index (χ3n) is 2.38. The van der Waals surface area contributed by atoms with Gasteiger partial charge in [0.05, 0.1) is 10.7 Å². The molecule has 0 aliphatic rings. The maximum Gasteiger partial charge on any atom is 0.292 e. The first-order chi connectivity index (χ1) is 9.11. The fourth-order valence-corrected chi connectivity index (χ4v) is 1.96. The Balaban J connectivity index is 2.29. The minimum atomic E-state index is -0.539. The monoisotopic (exact) mass is 280 g/mol. The molecule has 2 aromatic rings. The second kappa shape index (κ2) is 5.70. The van der Waals surface area contributed by atoms with Crippen LogP contribution >= 0.6 is 11.8 Å². The van der Waals surface area contributed by atoms with Gasteiger partial charge in [0.2, 0.25) is 0 Å². The number of hydrogen-bond donors (Lipinski definition) is 1. The van der Waals surface area contributed by atoms with Crippen LogP contribution in [0, 0.1) is 10.1 Å². The van der Waals surface area contributed by atoms with E-state index < -0.39 is 4.92 Å². The summed E-state index contributed by atoms with van der Waals surface area (Å²) in [6.45, 7) is 2.04. The molecule has 1 aromatic carbocycles. The molecule has 0 amide bonds. The van der Waals surface area contributed by atoms with Gasteiger partial charge in [-0.15, -0.1) is 0 Å². The number of nitro benzene ring substituents is 1. The van der Waals surface area contributed by atoms with Crippen LogP contribution in [0.25, 0.3) is 11.5 Å². The summed E-state index contributed by atoms with van der Waals surface area (Å²) in [6.07, 6.45) is 0. The second-order valence-electron chi connectivity index (χ2n) is 3.68. The van der Waals surface area contributed by atoms with Crippen LogP contribution in [0.5, 0.6) is 0 Å². The Bertz CT molecular complexity index is 599. The Labute approximate surface area is 113 Å². The van der Waals surface area contributed by atoms with Gasteiger partial charge >= 0.3 is 0 Å². The van der Waals surface area contributed by atoms with Gasteiger partial charge in [-0.3, -0.25) is 10.1 Å². The van der Waals surface area contributed by atoms with E-state index in [-0.39, 0.29) is 17.3 Å². The van der Waals surface area contributed by atoms with E-state index in [1.54, 1.807) is 17.8 Å². The lowest BCUT2D eigenvalue weighted by atomic mass is 10.2. The number of nitrogens with zero attached hydrogens (tertiary/aromatic N) is 3. The SMILES string of the molecule is CCSCc1noc(-c2ccc(N)c([N+](=O)[O-])c2)n1. The van der Waals surface area contributed by atoms with Crippen molar-refractivity contribution in [3.05, 3.63) is 34.1 Å². The van der Waals surface area contributed by atoms with Crippen LogP contribution in [-0.4, -0.2) is 20.8 Å². The van der Waals surface area contributed by atoms with E-state index in [1.165, 1.54) is 12.1 Å². The maximum absolute atomic E-state index is 10.8. The molecule has 0 radical (unpaired) electrons. The van der Waals surface area contributed by atoms with Gasteiger partial charge in [-0.05, 0) is 17.9 Å². The first kappa shape index (κ1) is 13.3. The number of anilines is 1. The first-order valence-corrected chi connectivity index (χ1v) is 6.72. The molecular formula is C11H12N4O3S. The second-order valence-corrected chi connectivity index (χ2v) is 4.96. The Morgan fingerprint density at radius 2 is 2.32 bits per heavy atom. The highest BCUT2D eigenvalue weighted by Crippen LogP contribution is 2.28. The van der Waals surface area contributed by atoms with Crippen LogP contribution in [0.4, 0.5) is 11.4 Å². The molecule has 0 saturated carbocycles. The molecule has 0 unspecified atom stereocenters. The zero-order valence-electron chi connectivity index (χ0n) is 10.2. The lowest BCUT2D eigenvalue weighted by Gasteiger charge is -1.98. The van der Waals surface area contributed by atoms with Crippen LogP contribution in [0.3, 0.4) is 0 Å². The molecule has 19 heavy (non-hydrogen) atoms. The highest BCUT2D eigenvalue weighted by molar-refractivity contribution is 7.98. The lowest BCUT2D eigenvalue weighted by molar-refractivity contribution is -0.383. The molecule has 0 atom stereocenters.